The van der Waals surface area contributed by atoms with Crippen LogP contribution in [0.3, 0.4) is 0 Å². The standard InChI is InChI=1S/C5H6O4/c6-4(7)3-1-2-9-5(3)8/h3H,1-2H2,(H,6,7)/t3-/m0/s1. The SMILES string of the molecule is O=C(O)[C@@H]1CCOC1=O. The van der Waals surface area contributed by atoms with Crippen LogP contribution in [0.25, 0.3) is 0 Å². The first kappa shape index (κ1) is 6.07. The van der Waals surface area contributed by atoms with Crippen LogP contribution in [0.2, 0.25) is 0 Å². The van der Waals surface area contributed by atoms with E-state index in [2.05, 4.69) is 4.74 Å². The first-order valence-electron chi connectivity index (χ1n) is 2.61. The molecule has 1 aliphatic heterocycles. The molecule has 0 saturated carbocycles. The second kappa shape index (κ2) is 2.05. The molecule has 1 atom stereocenters. The number of hydrogen-bond acceptors (Lipinski definition) is 3. The molecule has 0 aliphatic carbocycles. The fraction of sp³-hybridized carbons (Fsp3) is 0.600. The van der Waals surface area contributed by atoms with Gasteiger partial charge in [-0.3, -0.25) is 9.59 Å². The van der Waals surface area contributed by atoms with Gasteiger partial charge in [0.2, 0.25) is 0 Å². The molecule has 1 fully saturated rings. The Morgan fingerprint density at radius 1 is 1.78 bits per heavy atom. The van der Waals surface area contributed by atoms with Crippen molar-refractivity contribution in [2.45, 2.75) is 6.42 Å². The average molecular weight is 130 g/mol. The lowest BCUT2D eigenvalue weighted by Crippen LogP contribution is -2.17. The van der Waals surface area contributed by atoms with Crippen molar-refractivity contribution in [2.75, 3.05) is 6.61 Å². The zero-order valence-electron chi connectivity index (χ0n) is 4.66. The molecule has 0 aromatic carbocycles. The summed E-state index contributed by atoms with van der Waals surface area (Å²) in [6.07, 6.45) is 0.314. The Morgan fingerprint density at radius 3 is 2.67 bits per heavy atom. The molecule has 0 amide bonds. The molecule has 0 aromatic heterocycles. The first-order chi connectivity index (χ1) is 4.22. The van der Waals surface area contributed by atoms with Crippen molar-refractivity contribution in [3.63, 3.8) is 0 Å². The Labute approximate surface area is 51.4 Å². The van der Waals surface area contributed by atoms with E-state index in [1.807, 2.05) is 0 Å². The van der Waals surface area contributed by atoms with Crippen molar-refractivity contribution in [1.82, 2.24) is 0 Å². The molecule has 0 radical (unpaired) electrons. The van der Waals surface area contributed by atoms with Crippen LogP contribution in [0, 0.1) is 5.92 Å². The summed E-state index contributed by atoms with van der Waals surface area (Å²) in [5, 5.41) is 8.28. The third kappa shape index (κ3) is 1.01. The highest BCUT2D eigenvalue weighted by atomic mass is 16.5. The monoisotopic (exact) mass is 130 g/mol. The summed E-state index contributed by atoms with van der Waals surface area (Å²) >= 11 is 0. The van der Waals surface area contributed by atoms with Gasteiger partial charge >= 0.3 is 11.9 Å². The highest BCUT2D eigenvalue weighted by Gasteiger charge is 2.32. The number of carboxylic acids is 1. The lowest BCUT2D eigenvalue weighted by atomic mass is 10.1. The molecule has 9 heavy (non-hydrogen) atoms. The average Bonchev–Trinajstić information content (AvgIpc) is 2.13. The van der Waals surface area contributed by atoms with Crippen LogP contribution >= 0.6 is 0 Å². The molecular weight excluding hydrogens is 124 g/mol. The highest BCUT2D eigenvalue weighted by molar-refractivity contribution is 5.94. The fourth-order valence-electron chi connectivity index (χ4n) is 0.720. The van der Waals surface area contributed by atoms with Crippen molar-refractivity contribution in [3.05, 3.63) is 0 Å². The largest absolute Gasteiger partial charge is 0.481 e. The predicted octanol–water partition coefficient (Wildman–Crippen LogP) is -0.366. The van der Waals surface area contributed by atoms with Gasteiger partial charge < -0.3 is 9.84 Å². The first-order valence-corrected chi connectivity index (χ1v) is 2.61. The molecule has 0 spiro atoms. The zero-order chi connectivity index (χ0) is 6.85. The third-order valence-electron chi connectivity index (χ3n) is 1.23. The number of rotatable bonds is 1. The third-order valence-corrected chi connectivity index (χ3v) is 1.23. The molecule has 1 rings (SSSR count). The van der Waals surface area contributed by atoms with E-state index in [4.69, 9.17) is 5.11 Å². The van der Waals surface area contributed by atoms with E-state index in [9.17, 15) is 9.59 Å². The number of carbonyl (C=O) groups excluding carboxylic acids is 1. The molecular formula is C5H6O4. The van der Waals surface area contributed by atoms with Gasteiger partial charge in [0.15, 0.2) is 5.92 Å². The molecule has 4 heteroatoms. The lowest BCUT2D eigenvalue weighted by Gasteiger charge is -1.93. The van der Waals surface area contributed by atoms with Crippen LogP contribution in [0.4, 0.5) is 0 Å². The molecule has 4 nitrogen and oxygen atoms in total. The summed E-state index contributed by atoms with van der Waals surface area (Å²) in [6, 6.07) is 0. The zero-order valence-corrected chi connectivity index (χ0v) is 4.66. The number of carboxylic acid groups (broad SMARTS) is 1. The van der Waals surface area contributed by atoms with Crippen LogP contribution in [0.1, 0.15) is 6.42 Å². The van der Waals surface area contributed by atoms with Gasteiger partial charge in [0.25, 0.3) is 0 Å². The number of carbonyl (C=O) groups is 2. The van der Waals surface area contributed by atoms with Crippen LogP contribution < -0.4 is 0 Å². The van der Waals surface area contributed by atoms with Crippen molar-refractivity contribution in [2.24, 2.45) is 5.92 Å². The maximum atomic E-state index is 10.4. The van der Waals surface area contributed by atoms with Gasteiger partial charge in [-0.15, -0.1) is 0 Å². The number of ether oxygens (including phenoxy) is 1. The molecule has 1 heterocycles. The van der Waals surface area contributed by atoms with E-state index in [0.29, 0.717) is 6.42 Å². The van der Waals surface area contributed by atoms with Gasteiger partial charge in [-0.1, -0.05) is 0 Å². The van der Waals surface area contributed by atoms with Gasteiger partial charge in [-0.2, -0.15) is 0 Å². The van der Waals surface area contributed by atoms with E-state index in [1.165, 1.54) is 0 Å². The maximum Gasteiger partial charge on any atom is 0.320 e. The van der Waals surface area contributed by atoms with Crippen LogP contribution in [-0.2, 0) is 14.3 Å². The van der Waals surface area contributed by atoms with Crippen molar-refractivity contribution < 1.29 is 19.4 Å². The number of hydrogen-bond donors (Lipinski definition) is 1. The summed E-state index contributed by atoms with van der Waals surface area (Å²) in [7, 11) is 0. The summed E-state index contributed by atoms with van der Waals surface area (Å²) < 4.78 is 4.41. The highest BCUT2D eigenvalue weighted by Crippen LogP contribution is 2.13. The Hall–Kier alpha value is -1.06. The summed E-state index contributed by atoms with van der Waals surface area (Å²) in [6.45, 7) is 0.246. The van der Waals surface area contributed by atoms with Crippen LogP contribution in [0.5, 0.6) is 0 Å². The minimum Gasteiger partial charge on any atom is -0.481 e. The molecule has 50 valence electrons. The predicted molar refractivity (Wildman–Crippen MR) is 26.7 cm³/mol. The summed E-state index contributed by atoms with van der Waals surface area (Å²) in [5.74, 6) is -2.61. The second-order valence-corrected chi connectivity index (χ2v) is 1.85. The molecule has 1 aliphatic rings. The van der Waals surface area contributed by atoms with Crippen LogP contribution in [0.15, 0.2) is 0 Å². The maximum absolute atomic E-state index is 10.4. The van der Waals surface area contributed by atoms with Gasteiger partial charge in [-0.05, 0) is 0 Å². The Morgan fingerprint density at radius 2 is 2.44 bits per heavy atom. The van der Waals surface area contributed by atoms with Gasteiger partial charge in [0.1, 0.15) is 0 Å². The normalized spacial score (nSPS) is 25.8. The summed E-state index contributed by atoms with van der Waals surface area (Å²) in [4.78, 5) is 20.5. The van der Waals surface area contributed by atoms with E-state index < -0.39 is 17.9 Å². The minimum atomic E-state index is -1.09. The molecule has 0 aromatic rings. The number of cyclic esters (lactones) is 1. The number of esters is 1. The van der Waals surface area contributed by atoms with Gasteiger partial charge in [0, 0.05) is 6.42 Å². The van der Waals surface area contributed by atoms with Gasteiger partial charge in [0.05, 0.1) is 6.61 Å². The minimum absolute atomic E-state index is 0.246. The fourth-order valence-corrected chi connectivity index (χ4v) is 0.720. The van der Waals surface area contributed by atoms with E-state index in [0.717, 1.165) is 0 Å². The molecule has 1 N–H and O–H groups in total. The van der Waals surface area contributed by atoms with Crippen molar-refractivity contribution in [1.29, 1.82) is 0 Å². The Balaban J connectivity index is 2.60. The smallest absolute Gasteiger partial charge is 0.320 e. The van der Waals surface area contributed by atoms with Gasteiger partial charge in [-0.25, -0.2) is 0 Å². The Kier molecular flexibility index (Phi) is 1.38. The lowest BCUT2D eigenvalue weighted by molar-refractivity contribution is -0.151. The Bertz CT molecular complexity index is 151. The molecule has 1 saturated heterocycles. The van der Waals surface area contributed by atoms with E-state index in [1.54, 1.807) is 0 Å². The van der Waals surface area contributed by atoms with Crippen molar-refractivity contribution in [3.8, 4) is 0 Å². The molecule has 0 bridgehead atoms. The van der Waals surface area contributed by atoms with Crippen LogP contribution in [-0.4, -0.2) is 23.7 Å². The quantitative estimate of drug-likeness (QED) is 0.388. The van der Waals surface area contributed by atoms with Crippen molar-refractivity contribution >= 4 is 11.9 Å². The number of aliphatic carboxylic acids is 1. The second-order valence-electron chi connectivity index (χ2n) is 1.85. The topological polar surface area (TPSA) is 63.6 Å². The summed E-state index contributed by atoms with van der Waals surface area (Å²) in [5.41, 5.74) is 0. The van der Waals surface area contributed by atoms with E-state index in [-0.39, 0.29) is 6.61 Å². The van der Waals surface area contributed by atoms with E-state index >= 15 is 0 Å². The molecule has 0 unspecified atom stereocenters.